The molecule has 2 aromatic carbocycles. The second-order valence-corrected chi connectivity index (χ2v) is 6.06. The molecule has 1 N–H and O–H groups in total. The topological polar surface area (TPSA) is 64.4 Å². The molecule has 5 nitrogen and oxygen atoms in total. The van der Waals surface area contributed by atoms with Gasteiger partial charge in [0, 0.05) is 17.3 Å². The number of rotatable bonds is 4. The summed E-state index contributed by atoms with van der Waals surface area (Å²) in [4.78, 5) is 12.8. The molecule has 0 saturated heterocycles. The van der Waals surface area contributed by atoms with Gasteiger partial charge in [0.2, 0.25) is 0 Å². The largest absolute Gasteiger partial charge is 0.497 e. The zero-order valence-corrected chi connectivity index (χ0v) is 15.0. The maximum absolute atomic E-state index is 12.8. The quantitative estimate of drug-likeness (QED) is 0.677. The molecule has 7 heteroatoms. The van der Waals surface area contributed by atoms with Gasteiger partial charge in [0.15, 0.2) is 0 Å². The van der Waals surface area contributed by atoms with Crippen molar-refractivity contribution in [2.24, 2.45) is 0 Å². The Bertz CT molecular complexity index is 918. The molecule has 3 aromatic rings. The average molecular weight is 377 g/mol. The molecule has 0 radical (unpaired) electrons. The Morgan fingerprint density at radius 1 is 1.16 bits per heavy atom. The van der Waals surface area contributed by atoms with Gasteiger partial charge < -0.3 is 14.6 Å². The number of aromatic nitrogens is 1. The number of nitrogens with zero attached hydrogens (tertiary/aromatic N) is 1. The van der Waals surface area contributed by atoms with Crippen LogP contribution in [-0.2, 0) is 0 Å². The van der Waals surface area contributed by atoms with E-state index in [2.05, 4.69) is 10.5 Å². The van der Waals surface area contributed by atoms with Crippen LogP contribution in [0.1, 0.15) is 16.1 Å². The number of nitrogens with one attached hydrogen (secondary N) is 1. The van der Waals surface area contributed by atoms with E-state index in [1.165, 1.54) is 0 Å². The van der Waals surface area contributed by atoms with Crippen LogP contribution >= 0.6 is 23.2 Å². The van der Waals surface area contributed by atoms with E-state index in [1.807, 2.05) is 0 Å². The van der Waals surface area contributed by atoms with E-state index in [0.717, 1.165) is 0 Å². The van der Waals surface area contributed by atoms with Crippen LogP contribution in [0.15, 0.2) is 47.0 Å². The summed E-state index contributed by atoms with van der Waals surface area (Å²) in [5.74, 6) is 0.624. The van der Waals surface area contributed by atoms with Crippen molar-refractivity contribution in [3.8, 4) is 17.0 Å². The zero-order chi connectivity index (χ0) is 18.0. The summed E-state index contributed by atoms with van der Waals surface area (Å²) in [6.07, 6.45) is 0. The standard InChI is InChI=1S/C18H14Cl2N2O3/c1-10-15(18(23)21-11-5-3-6-12(9-11)24-2)17(22-25-10)16-13(19)7-4-8-14(16)20/h3-9H,1-2H3,(H,21,23). The van der Waals surface area contributed by atoms with Crippen LogP contribution in [0.5, 0.6) is 5.75 Å². The summed E-state index contributed by atoms with van der Waals surface area (Å²) in [5.41, 5.74) is 1.62. The highest BCUT2D eigenvalue weighted by molar-refractivity contribution is 6.39. The van der Waals surface area contributed by atoms with E-state index in [1.54, 1.807) is 56.5 Å². The molecular formula is C18H14Cl2N2O3. The number of carbonyl (C=O) groups is 1. The molecule has 0 spiro atoms. The van der Waals surface area contributed by atoms with E-state index in [-0.39, 0.29) is 11.5 Å². The number of halogens is 2. The molecule has 3 rings (SSSR count). The first kappa shape index (κ1) is 17.3. The summed E-state index contributed by atoms with van der Waals surface area (Å²) in [7, 11) is 1.56. The Labute approximate surface area is 154 Å². The van der Waals surface area contributed by atoms with Crippen molar-refractivity contribution >= 4 is 34.8 Å². The molecule has 0 aliphatic rings. The molecule has 1 aromatic heterocycles. The van der Waals surface area contributed by atoms with Gasteiger partial charge >= 0.3 is 0 Å². The molecule has 0 atom stereocenters. The van der Waals surface area contributed by atoms with Gasteiger partial charge in [-0.25, -0.2) is 0 Å². The van der Waals surface area contributed by atoms with Gasteiger partial charge in [0.25, 0.3) is 5.91 Å². The number of hydrogen-bond acceptors (Lipinski definition) is 4. The lowest BCUT2D eigenvalue weighted by atomic mass is 10.1. The Hall–Kier alpha value is -2.50. The fourth-order valence-electron chi connectivity index (χ4n) is 2.43. The highest BCUT2D eigenvalue weighted by atomic mass is 35.5. The normalized spacial score (nSPS) is 10.6. The predicted octanol–water partition coefficient (Wildman–Crippen LogP) is 5.22. The fraction of sp³-hybridized carbons (Fsp3) is 0.111. The highest BCUT2D eigenvalue weighted by Crippen LogP contribution is 2.37. The number of carbonyl (C=O) groups excluding carboxylic acids is 1. The molecule has 128 valence electrons. The smallest absolute Gasteiger partial charge is 0.261 e. The molecule has 0 aliphatic carbocycles. The molecule has 0 fully saturated rings. The number of amides is 1. The van der Waals surface area contributed by atoms with E-state index >= 15 is 0 Å². The second-order valence-electron chi connectivity index (χ2n) is 5.25. The van der Waals surface area contributed by atoms with Gasteiger partial charge in [0.05, 0.1) is 17.2 Å². The lowest BCUT2D eigenvalue weighted by molar-refractivity contribution is 0.102. The minimum atomic E-state index is -0.377. The van der Waals surface area contributed by atoms with Crippen LogP contribution in [0.25, 0.3) is 11.3 Å². The van der Waals surface area contributed by atoms with Gasteiger partial charge in [-0.2, -0.15) is 0 Å². The van der Waals surface area contributed by atoms with Crippen LogP contribution in [0, 0.1) is 6.92 Å². The molecule has 0 aliphatic heterocycles. The van der Waals surface area contributed by atoms with Crippen LogP contribution in [-0.4, -0.2) is 18.2 Å². The maximum Gasteiger partial charge on any atom is 0.261 e. The van der Waals surface area contributed by atoms with Crippen LogP contribution < -0.4 is 10.1 Å². The Morgan fingerprint density at radius 3 is 2.52 bits per heavy atom. The average Bonchev–Trinajstić information content (AvgIpc) is 2.96. The zero-order valence-electron chi connectivity index (χ0n) is 13.5. The van der Waals surface area contributed by atoms with E-state index in [9.17, 15) is 4.79 Å². The third kappa shape index (κ3) is 3.48. The first-order chi connectivity index (χ1) is 12.0. The number of aryl methyl sites for hydroxylation is 1. The van der Waals surface area contributed by atoms with Crippen LogP contribution in [0.4, 0.5) is 5.69 Å². The van der Waals surface area contributed by atoms with Crippen molar-refractivity contribution in [3.63, 3.8) is 0 Å². The predicted molar refractivity (Wildman–Crippen MR) is 97.6 cm³/mol. The molecule has 0 bridgehead atoms. The van der Waals surface area contributed by atoms with Gasteiger partial charge in [0.1, 0.15) is 22.8 Å². The maximum atomic E-state index is 12.8. The summed E-state index contributed by atoms with van der Waals surface area (Å²) in [5, 5.41) is 7.55. The van der Waals surface area contributed by atoms with Gasteiger partial charge in [-0.15, -0.1) is 0 Å². The van der Waals surface area contributed by atoms with Crippen molar-refractivity contribution in [2.45, 2.75) is 6.92 Å². The molecular weight excluding hydrogens is 363 g/mol. The number of ether oxygens (including phenoxy) is 1. The lowest BCUT2D eigenvalue weighted by Gasteiger charge is -2.09. The molecule has 1 amide bonds. The third-order valence-corrected chi connectivity index (χ3v) is 4.25. The van der Waals surface area contributed by atoms with Gasteiger partial charge in [-0.05, 0) is 31.2 Å². The highest BCUT2D eigenvalue weighted by Gasteiger charge is 2.25. The van der Waals surface area contributed by atoms with Crippen molar-refractivity contribution in [3.05, 3.63) is 63.8 Å². The number of benzene rings is 2. The lowest BCUT2D eigenvalue weighted by Crippen LogP contribution is -2.13. The Morgan fingerprint density at radius 2 is 1.84 bits per heavy atom. The van der Waals surface area contributed by atoms with E-state index in [0.29, 0.717) is 38.5 Å². The number of methoxy groups -OCH3 is 1. The number of anilines is 1. The molecule has 1 heterocycles. The monoisotopic (exact) mass is 376 g/mol. The van der Waals surface area contributed by atoms with Crippen molar-refractivity contribution in [1.82, 2.24) is 5.16 Å². The fourth-order valence-corrected chi connectivity index (χ4v) is 3.01. The Kier molecular flexibility index (Phi) is 4.97. The minimum absolute atomic E-state index is 0.276. The molecule has 0 unspecified atom stereocenters. The van der Waals surface area contributed by atoms with Gasteiger partial charge in [-0.3, -0.25) is 4.79 Å². The van der Waals surface area contributed by atoms with Crippen molar-refractivity contribution < 1.29 is 14.1 Å². The molecule has 0 saturated carbocycles. The summed E-state index contributed by atoms with van der Waals surface area (Å²) in [6, 6.07) is 12.1. The van der Waals surface area contributed by atoms with E-state index in [4.69, 9.17) is 32.5 Å². The SMILES string of the molecule is COc1cccc(NC(=O)c2c(-c3c(Cl)cccc3Cl)noc2C)c1. The summed E-state index contributed by atoms with van der Waals surface area (Å²) < 4.78 is 10.4. The van der Waals surface area contributed by atoms with Crippen molar-refractivity contribution in [1.29, 1.82) is 0 Å². The first-order valence-corrected chi connectivity index (χ1v) is 8.13. The molecule has 25 heavy (non-hydrogen) atoms. The minimum Gasteiger partial charge on any atom is -0.497 e. The van der Waals surface area contributed by atoms with Crippen LogP contribution in [0.2, 0.25) is 10.0 Å². The second kappa shape index (κ2) is 7.17. The summed E-state index contributed by atoms with van der Waals surface area (Å²) in [6.45, 7) is 1.65. The first-order valence-electron chi connectivity index (χ1n) is 7.37. The van der Waals surface area contributed by atoms with E-state index < -0.39 is 0 Å². The van der Waals surface area contributed by atoms with Crippen molar-refractivity contribution in [2.75, 3.05) is 12.4 Å². The Balaban J connectivity index is 2.00. The van der Waals surface area contributed by atoms with Crippen LogP contribution in [0.3, 0.4) is 0 Å². The third-order valence-electron chi connectivity index (χ3n) is 3.62. The number of hydrogen-bond donors (Lipinski definition) is 1. The van der Waals surface area contributed by atoms with Gasteiger partial charge in [-0.1, -0.05) is 40.5 Å². The summed E-state index contributed by atoms with van der Waals surface area (Å²) >= 11 is 12.5.